The Balaban J connectivity index is 2.24. The molecule has 0 aromatic rings. The predicted octanol–water partition coefficient (Wildman–Crippen LogP) is 4.02. The van der Waals surface area contributed by atoms with E-state index in [4.69, 9.17) is 4.74 Å². The number of carbonyl (C=O) groups excluding carboxylic acids is 1. The van der Waals surface area contributed by atoms with Crippen LogP contribution in [0.25, 0.3) is 0 Å². The number of ether oxygens (including phenoxy) is 1. The quantitative estimate of drug-likeness (QED) is 0.705. The molecule has 0 N–H and O–H groups in total. The number of esters is 1. The number of hydrogen-bond donors (Lipinski definition) is 0. The van der Waals surface area contributed by atoms with Crippen molar-refractivity contribution in [2.75, 3.05) is 6.61 Å². The lowest BCUT2D eigenvalue weighted by atomic mass is 9.72. The van der Waals surface area contributed by atoms with Gasteiger partial charge in [0.15, 0.2) is 0 Å². The van der Waals surface area contributed by atoms with Crippen LogP contribution >= 0.6 is 0 Å². The molecule has 0 saturated heterocycles. The van der Waals surface area contributed by atoms with Crippen molar-refractivity contribution in [3.63, 3.8) is 0 Å². The van der Waals surface area contributed by atoms with E-state index in [1.165, 1.54) is 24.8 Å². The molecule has 18 heavy (non-hydrogen) atoms. The van der Waals surface area contributed by atoms with E-state index in [0.29, 0.717) is 12.5 Å². The lowest BCUT2D eigenvalue weighted by Gasteiger charge is -2.32. The van der Waals surface area contributed by atoms with Gasteiger partial charge in [0.05, 0.1) is 12.0 Å². The van der Waals surface area contributed by atoms with Crippen LogP contribution in [0, 0.1) is 11.3 Å². The van der Waals surface area contributed by atoms with Crippen LogP contribution in [0.15, 0.2) is 23.8 Å². The fourth-order valence-electron chi connectivity index (χ4n) is 3.34. The summed E-state index contributed by atoms with van der Waals surface area (Å²) in [6, 6.07) is 0. The number of fused-ring (bicyclic) bond motifs is 1. The smallest absolute Gasteiger partial charge is 0.312 e. The van der Waals surface area contributed by atoms with Crippen LogP contribution in [-0.2, 0) is 9.53 Å². The van der Waals surface area contributed by atoms with Gasteiger partial charge >= 0.3 is 5.97 Å². The Kier molecular flexibility index (Phi) is 4.26. The minimum atomic E-state index is -0.285. The molecule has 2 heteroatoms. The van der Waals surface area contributed by atoms with Crippen molar-refractivity contribution >= 4 is 5.97 Å². The van der Waals surface area contributed by atoms with E-state index in [-0.39, 0.29) is 11.4 Å². The van der Waals surface area contributed by atoms with Gasteiger partial charge in [-0.05, 0) is 44.9 Å². The zero-order valence-electron chi connectivity index (χ0n) is 11.6. The van der Waals surface area contributed by atoms with Gasteiger partial charge in [-0.25, -0.2) is 0 Å². The average molecular weight is 248 g/mol. The molecule has 2 bridgehead atoms. The fraction of sp³-hybridized carbons (Fsp3) is 0.688. The summed E-state index contributed by atoms with van der Waals surface area (Å²) in [5.74, 6) is 0.386. The third-order valence-electron chi connectivity index (χ3n) is 4.43. The van der Waals surface area contributed by atoms with Crippen LogP contribution in [0.5, 0.6) is 0 Å². The minimum Gasteiger partial charge on any atom is -0.466 e. The van der Waals surface area contributed by atoms with Crippen LogP contribution in [0.4, 0.5) is 0 Å². The summed E-state index contributed by atoms with van der Waals surface area (Å²) in [4.78, 5) is 12.4. The Morgan fingerprint density at radius 3 is 3.00 bits per heavy atom. The molecular weight excluding hydrogens is 224 g/mol. The van der Waals surface area contributed by atoms with Gasteiger partial charge in [-0.15, -0.1) is 0 Å². The zero-order valence-corrected chi connectivity index (χ0v) is 11.6. The van der Waals surface area contributed by atoms with Crippen molar-refractivity contribution in [3.05, 3.63) is 23.8 Å². The van der Waals surface area contributed by atoms with E-state index in [0.717, 1.165) is 19.3 Å². The predicted molar refractivity (Wildman–Crippen MR) is 73.2 cm³/mol. The van der Waals surface area contributed by atoms with Crippen LogP contribution in [0.2, 0.25) is 0 Å². The molecule has 2 aliphatic carbocycles. The number of hydrogen-bond acceptors (Lipinski definition) is 2. The van der Waals surface area contributed by atoms with Crippen molar-refractivity contribution in [2.24, 2.45) is 11.3 Å². The molecule has 0 radical (unpaired) electrons. The molecular formula is C16H24O2. The Morgan fingerprint density at radius 2 is 2.28 bits per heavy atom. The van der Waals surface area contributed by atoms with E-state index < -0.39 is 0 Å². The van der Waals surface area contributed by atoms with Crippen molar-refractivity contribution in [2.45, 2.75) is 52.4 Å². The molecule has 0 aromatic heterocycles. The largest absolute Gasteiger partial charge is 0.466 e. The lowest BCUT2D eigenvalue weighted by Crippen LogP contribution is -2.36. The molecule has 0 fully saturated rings. The minimum absolute atomic E-state index is 0.0118. The summed E-state index contributed by atoms with van der Waals surface area (Å²) in [5.41, 5.74) is 1.05. The Labute approximate surface area is 110 Å². The van der Waals surface area contributed by atoms with E-state index in [9.17, 15) is 4.79 Å². The molecule has 0 aromatic carbocycles. The van der Waals surface area contributed by atoms with Gasteiger partial charge in [0.25, 0.3) is 0 Å². The first kappa shape index (κ1) is 13.4. The van der Waals surface area contributed by atoms with E-state index in [1.807, 2.05) is 6.92 Å². The first-order valence-corrected chi connectivity index (χ1v) is 7.27. The zero-order chi connectivity index (χ0) is 13.0. The van der Waals surface area contributed by atoms with E-state index in [1.54, 1.807) is 0 Å². The maximum absolute atomic E-state index is 12.4. The Hall–Kier alpha value is -1.05. The van der Waals surface area contributed by atoms with Gasteiger partial charge < -0.3 is 4.74 Å². The summed E-state index contributed by atoms with van der Waals surface area (Å²) >= 11 is 0. The highest BCUT2D eigenvalue weighted by Crippen LogP contribution is 2.49. The molecule has 2 aliphatic rings. The van der Waals surface area contributed by atoms with Crippen molar-refractivity contribution < 1.29 is 9.53 Å². The van der Waals surface area contributed by atoms with Gasteiger partial charge in [0, 0.05) is 0 Å². The van der Waals surface area contributed by atoms with Crippen LogP contribution in [0.3, 0.4) is 0 Å². The van der Waals surface area contributed by atoms with Gasteiger partial charge in [0.1, 0.15) is 0 Å². The molecule has 0 spiro atoms. The summed E-state index contributed by atoms with van der Waals surface area (Å²) in [6.45, 7) is 4.50. The van der Waals surface area contributed by atoms with E-state index >= 15 is 0 Å². The lowest BCUT2D eigenvalue weighted by molar-refractivity contribution is -0.157. The second kappa shape index (κ2) is 5.73. The molecule has 2 unspecified atom stereocenters. The normalized spacial score (nSPS) is 33.0. The highest BCUT2D eigenvalue weighted by atomic mass is 16.5. The van der Waals surface area contributed by atoms with E-state index in [2.05, 4.69) is 25.2 Å². The molecule has 0 amide bonds. The first-order valence-electron chi connectivity index (χ1n) is 7.27. The van der Waals surface area contributed by atoms with Crippen molar-refractivity contribution in [3.8, 4) is 0 Å². The topological polar surface area (TPSA) is 26.3 Å². The summed E-state index contributed by atoms with van der Waals surface area (Å²) in [5, 5.41) is 0. The van der Waals surface area contributed by atoms with Gasteiger partial charge in [-0.2, -0.15) is 0 Å². The molecule has 2 nitrogen and oxygen atoms in total. The van der Waals surface area contributed by atoms with Crippen molar-refractivity contribution in [1.82, 2.24) is 0 Å². The Bertz CT molecular complexity index is 367. The second-order valence-electron chi connectivity index (χ2n) is 5.44. The van der Waals surface area contributed by atoms with Gasteiger partial charge in [-0.3, -0.25) is 4.79 Å². The molecule has 0 saturated carbocycles. The molecule has 0 aliphatic heterocycles. The van der Waals surface area contributed by atoms with Crippen LogP contribution < -0.4 is 0 Å². The van der Waals surface area contributed by atoms with Gasteiger partial charge in [0.2, 0.25) is 0 Å². The maximum atomic E-state index is 12.4. The Morgan fingerprint density at radius 1 is 1.44 bits per heavy atom. The number of carbonyl (C=O) groups is 1. The first-order chi connectivity index (χ1) is 8.73. The highest BCUT2D eigenvalue weighted by Gasteiger charge is 2.47. The SMILES string of the molecule is CCOC(=O)C1(CC)CC2=CC1CCCC/C=C\2. The molecule has 100 valence electrons. The number of allylic oxidation sites excluding steroid dienone is 4. The summed E-state index contributed by atoms with van der Waals surface area (Å²) in [6.07, 6.45) is 13.3. The molecule has 2 atom stereocenters. The van der Waals surface area contributed by atoms with Gasteiger partial charge in [-0.1, -0.05) is 37.1 Å². The average Bonchev–Trinajstić information content (AvgIpc) is 2.78. The standard InChI is InChI=1S/C16H24O2/c1-3-16(15(17)18-4-2)12-13-9-7-5-6-8-10-14(16)11-13/h7,9,11,14H,3-6,8,10,12H2,1-2H3/b9-7-. The summed E-state index contributed by atoms with van der Waals surface area (Å²) in [7, 11) is 0. The summed E-state index contributed by atoms with van der Waals surface area (Å²) < 4.78 is 5.34. The number of rotatable bonds is 3. The fourth-order valence-corrected chi connectivity index (χ4v) is 3.34. The van der Waals surface area contributed by atoms with Crippen LogP contribution in [-0.4, -0.2) is 12.6 Å². The third kappa shape index (κ3) is 2.38. The second-order valence-corrected chi connectivity index (χ2v) is 5.44. The third-order valence-corrected chi connectivity index (χ3v) is 4.43. The van der Waals surface area contributed by atoms with Crippen molar-refractivity contribution in [1.29, 1.82) is 0 Å². The monoisotopic (exact) mass is 248 g/mol. The maximum Gasteiger partial charge on any atom is 0.312 e. The molecule has 2 rings (SSSR count). The molecule has 0 heterocycles. The highest BCUT2D eigenvalue weighted by molar-refractivity contribution is 5.79. The van der Waals surface area contributed by atoms with Crippen LogP contribution in [0.1, 0.15) is 52.4 Å².